The second-order valence-electron chi connectivity index (χ2n) is 10.0. The number of halogens is 2. The molecule has 3 aromatic heterocycles. The first-order chi connectivity index (χ1) is 18.1. The number of rotatable bonds is 9. The lowest BCUT2D eigenvalue weighted by Gasteiger charge is -2.27. The van der Waals surface area contributed by atoms with Gasteiger partial charge >= 0.3 is 0 Å². The van der Waals surface area contributed by atoms with E-state index in [4.69, 9.17) is 15.8 Å². The van der Waals surface area contributed by atoms with Crippen LogP contribution in [0.5, 0.6) is 0 Å². The van der Waals surface area contributed by atoms with E-state index in [1.807, 2.05) is 13.0 Å². The van der Waals surface area contributed by atoms with Crippen molar-refractivity contribution >= 4 is 44.2 Å². The minimum atomic E-state index is -1.40. The van der Waals surface area contributed by atoms with E-state index in [9.17, 15) is 14.3 Å². The summed E-state index contributed by atoms with van der Waals surface area (Å²) in [5.74, 6) is -0.429. The van der Waals surface area contributed by atoms with Crippen molar-refractivity contribution in [3.63, 3.8) is 0 Å². The number of anilines is 1. The summed E-state index contributed by atoms with van der Waals surface area (Å²) in [6.45, 7) is 2.49. The third kappa shape index (κ3) is 4.96. The van der Waals surface area contributed by atoms with E-state index in [0.717, 1.165) is 24.0 Å². The van der Waals surface area contributed by atoms with Crippen LogP contribution < -0.4 is 11.1 Å². The highest BCUT2D eigenvalue weighted by Gasteiger charge is 2.44. The molecule has 0 bridgehead atoms. The van der Waals surface area contributed by atoms with Gasteiger partial charge in [-0.2, -0.15) is 9.61 Å². The first kappa shape index (κ1) is 26.4. The summed E-state index contributed by atoms with van der Waals surface area (Å²) >= 11 is 3.58. The number of likely N-dealkylation sites (N-methyl/N-ethyl adjacent to an activating group) is 1. The molecule has 10 nitrogen and oxygen atoms in total. The van der Waals surface area contributed by atoms with Crippen LogP contribution in [0.15, 0.2) is 41.1 Å². The van der Waals surface area contributed by atoms with Gasteiger partial charge < -0.3 is 26.2 Å². The molecule has 4 aromatic rings. The largest absolute Gasteiger partial charge is 0.393 e. The predicted molar refractivity (Wildman–Crippen MR) is 145 cm³/mol. The molecule has 3 heterocycles. The van der Waals surface area contributed by atoms with E-state index < -0.39 is 18.6 Å². The molecular weight excluding hydrogens is 557 g/mol. The predicted octanol–water partition coefficient (Wildman–Crippen LogP) is 2.67. The van der Waals surface area contributed by atoms with Crippen molar-refractivity contribution in [2.45, 2.75) is 31.9 Å². The lowest BCUT2D eigenvalue weighted by molar-refractivity contribution is -0.141. The van der Waals surface area contributed by atoms with Gasteiger partial charge in [0.2, 0.25) is 0 Å². The average Bonchev–Trinajstić information content (AvgIpc) is 3.54. The number of nitrogen functional groups attached to an aromatic ring is 1. The van der Waals surface area contributed by atoms with Crippen LogP contribution in [0, 0.1) is 11.2 Å². The lowest BCUT2D eigenvalue weighted by atomic mass is 10.1. The molecule has 1 aliphatic carbocycles. The Bertz CT molecular complexity index is 1520. The molecule has 0 saturated heterocycles. The fourth-order valence-corrected chi connectivity index (χ4v) is 5.30. The molecule has 200 valence electrons. The number of nitrogens with two attached hydrogens (primary N) is 1. The molecule has 0 radical (unpaired) electrons. The fraction of sp³-hybridized carbons (Fsp3) is 0.385. The quantitative estimate of drug-likeness (QED) is 0.235. The van der Waals surface area contributed by atoms with Crippen molar-refractivity contribution in [3.8, 4) is 11.1 Å². The molecule has 1 aromatic carbocycles. The number of carbonyl (C=O) groups is 1. The van der Waals surface area contributed by atoms with Gasteiger partial charge in [0.05, 0.1) is 28.5 Å². The average molecular weight is 586 g/mol. The Balaban J connectivity index is 1.39. The fourth-order valence-electron chi connectivity index (χ4n) is 4.70. The first-order valence-corrected chi connectivity index (χ1v) is 13.1. The van der Waals surface area contributed by atoms with Gasteiger partial charge in [-0.05, 0) is 60.0 Å². The molecule has 2 atom stereocenters. The van der Waals surface area contributed by atoms with Crippen molar-refractivity contribution in [1.29, 1.82) is 0 Å². The molecule has 5 rings (SSSR count). The molecular formula is C26H29BrFN7O3. The number of benzene rings is 1. The summed E-state index contributed by atoms with van der Waals surface area (Å²) in [5, 5.41) is 27.4. The van der Waals surface area contributed by atoms with E-state index in [1.165, 1.54) is 17.0 Å². The van der Waals surface area contributed by atoms with Crippen molar-refractivity contribution in [2.24, 2.45) is 5.41 Å². The summed E-state index contributed by atoms with van der Waals surface area (Å²) in [4.78, 5) is 23.0. The van der Waals surface area contributed by atoms with Gasteiger partial charge in [-0.25, -0.2) is 9.37 Å². The first-order valence-electron chi connectivity index (χ1n) is 12.3. The minimum Gasteiger partial charge on any atom is -0.393 e. The van der Waals surface area contributed by atoms with Crippen LogP contribution in [0.1, 0.15) is 31.5 Å². The second-order valence-corrected chi connectivity index (χ2v) is 10.8. The Morgan fingerprint density at radius 3 is 2.82 bits per heavy atom. The zero-order valence-corrected chi connectivity index (χ0v) is 22.6. The molecule has 1 saturated carbocycles. The van der Waals surface area contributed by atoms with Crippen LogP contribution in [-0.2, 0) is 4.79 Å². The number of aliphatic hydroxyl groups is 2. The molecule has 1 amide bonds. The van der Waals surface area contributed by atoms with Crippen molar-refractivity contribution in [3.05, 3.63) is 52.6 Å². The van der Waals surface area contributed by atoms with Gasteiger partial charge in [0.15, 0.2) is 11.8 Å². The second kappa shape index (κ2) is 10.2. The summed E-state index contributed by atoms with van der Waals surface area (Å²) in [5.41, 5.74) is 9.72. The Morgan fingerprint density at radius 1 is 1.34 bits per heavy atom. The van der Waals surface area contributed by atoms with Crippen molar-refractivity contribution in [2.75, 3.05) is 32.5 Å². The number of carbonyl (C=O) groups excluding carboxylic acids is 1. The van der Waals surface area contributed by atoms with E-state index >= 15 is 0 Å². The van der Waals surface area contributed by atoms with E-state index in [2.05, 4.69) is 31.3 Å². The maximum Gasteiger partial charge on any atom is 0.253 e. The normalized spacial score (nSPS) is 16.1. The lowest BCUT2D eigenvalue weighted by Crippen LogP contribution is -2.43. The van der Waals surface area contributed by atoms with Crippen LogP contribution in [0.3, 0.4) is 0 Å². The molecule has 0 aliphatic heterocycles. The smallest absolute Gasteiger partial charge is 0.253 e. The van der Waals surface area contributed by atoms with E-state index in [-0.39, 0.29) is 17.3 Å². The monoisotopic (exact) mass is 585 g/mol. The Hall–Kier alpha value is -3.19. The van der Waals surface area contributed by atoms with Crippen LogP contribution >= 0.6 is 15.9 Å². The van der Waals surface area contributed by atoms with Crippen LogP contribution in [0.25, 0.3) is 27.7 Å². The van der Waals surface area contributed by atoms with Gasteiger partial charge in [0, 0.05) is 54.3 Å². The third-order valence-corrected chi connectivity index (χ3v) is 7.97. The van der Waals surface area contributed by atoms with Gasteiger partial charge in [-0.3, -0.25) is 9.78 Å². The number of hydrogen-bond donors (Lipinski definition) is 4. The molecule has 1 unspecified atom stereocenters. The van der Waals surface area contributed by atoms with Gasteiger partial charge in [-0.1, -0.05) is 0 Å². The highest BCUT2D eigenvalue weighted by atomic mass is 79.9. The number of hydrogen-bond acceptors (Lipinski definition) is 8. The summed E-state index contributed by atoms with van der Waals surface area (Å²) in [6.07, 6.45) is 3.86. The highest BCUT2D eigenvalue weighted by Crippen LogP contribution is 2.46. The standard InChI is InChI=1S/C26H29BrFN7O3/c1-14(31-12-26(5-6-26)13-34(2)25(38)20(37)11-36)22-21(27)23(29)35-24(33-22)18(10-32-35)16-7-15-8-17(28)3-4-19(15)30-9-16/h3-4,7-10,14,20,31,36-37H,5-6,11-13,29H2,1-2H3/t14?,20-/m1/s1. The topological polar surface area (TPSA) is 142 Å². The summed E-state index contributed by atoms with van der Waals surface area (Å²) in [7, 11) is 1.63. The number of fused-ring (bicyclic) bond motifs is 2. The van der Waals surface area contributed by atoms with Crippen LogP contribution in [0.4, 0.5) is 10.2 Å². The maximum absolute atomic E-state index is 13.8. The Morgan fingerprint density at radius 2 is 2.11 bits per heavy atom. The molecule has 5 N–H and O–H groups in total. The SMILES string of the molecule is CC(NCC1(CN(C)C(=O)[C@H](O)CO)CC1)c1nc2c(-c3cnc4ccc(F)cc4c3)cnn2c(N)c1Br. The third-order valence-electron chi connectivity index (χ3n) is 7.16. The van der Waals surface area contributed by atoms with Gasteiger partial charge in [0.25, 0.3) is 5.91 Å². The van der Waals surface area contributed by atoms with E-state index in [1.54, 1.807) is 30.0 Å². The van der Waals surface area contributed by atoms with Gasteiger partial charge in [0.1, 0.15) is 11.6 Å². The summed E-state index contributed by atoms with van der Waals surface area (Å²) in [6, 6.07) is 6.12. The summed E-state index contributed by atoms with van der Waals surface area (Å²) < 4.78 is 16.0. The van der Waals surface area contributed by atoms with Gasteiger partial charge in [-0.15, -0.1) is 0 Å². The number of aromatic nitrogens is 4. The van der Waals surface area contributed by atoms with E-state index in [0.29, 0.717) is 45.6 Å². The molecule has 1 fully saturated rings. The van der Waals surface area contributed by atoms with Crippen LogP contribution in [-0.4, -0.2) is 73.5 Å². The number of pyridine rings is 1. The van der Waals surface area contributed by atoms with Crippen molar-refractivity contribution < 1.29 is 19.4 Å². The number of nitrogens with one attached hydrogen (secondary N) is 1. The van der Waals surface area contributed by atoms with Crippen LogP contribution in [0.2, 0.25) is 0 Å². The molecule has 38 heavy (non-hydrogen) atoms. The molecule has 1 aliphatic rings. The molecule has 0 spiro atoms. The maximum atomic E-state index is 13.8. The Labute approximate surface area is 226 Å². The minimum absolute atomic E-state index is 0.107. The molecule has 12 heteroatoms. The Kier molecular flexibility index (Phi) is 7.07. The number of aliphatic hydroxyl groups excluding tert-OH is 2. The highest BCUT2D eigenvalue weighted by molar-refractivity contribution is 9.10. The zero-order chi connectivity index (χ0) is 27.2. The number of nitrogens with zero attached hydrogens (tertiary/aromatic N) is 5. The zero-order valence-electron chi connectivity index (χ0n) is 21.0. The number of amides is 1. The van der Waals surface area contributed by atoms with Crippen molar-refractivity contribution in [1.82, 2.24) is 29.8 Å².